The summed E-state index contributed by atoms with van der Waals surface area (Å²) in [6.07, 6.45) is 0. The van der Waals surface area contributed by atoms with Gasteiger partial charge in [0.15, 0.2) is 21.9 Å². The van der Waals surface area contributed by atoms with Gasteiger partial charge in [0.25, 0.3) is 0 Å². The van der Waals surface area contributed by atoms with Crippen molar-refractivity contribution in [3.63, 3.8) is 0 Å². The van der Waals surface area contributed by atoms with E-state index in [1.54, 1.807) is 12.1 Å². The Balaban J connectivity index is 1.98. The second-order valence-electron chi connectivity index (χ2n) is 5.44. The van der Waals surface area contributed by atoms with Crippen LogP contribution in [0.2, 0.25) is 0 Å². The van der Waals surface area contributed by atoms with Crippen molar-refractivity contribution in [3.8, 4) is 22.8 Å². The molecule has 0 amide bonds. The Bertz CT molecular complexity index is 1160. The van der Waals surface area contributed by atoms with E-state index in [0.717, 1.165) is 16.6 Å². The number of thiol groups is 1. The minimum Gasteiger partial charge on any atom is -0.493 e. The normalized spacial score (nSPS) is 11.2. The van der Waals surface area contributed by atoms with Gasteiger partial charge in [0, 0.05) is 11.6 Å². The fourth-order valence-corrected chi connectivity index (χ4v) is 3.05. The van der Waals surface area contributed by atoms with Crippen molar-refractivity contribution >= 4 is 34.6 Å². The van der Waals surface area contributed by atoms with Crippen LogP contribution in [0.5, 0.6) is 11.5 Å². The Hall–Kier alpha value is -2.93. The Kier molecular flexibility index (Phi) is 3.65. The number of nitrogens with one attached hydrogen (secondary N) is 1. The monoisotopic (exact) mass is 354 g/mol. The molecule has 0 spiro atoms. The molecular formula is C18H14N2O4S. The van der Waals surface area contributed by atoms with Crippen LogP contribution in [0.3, 0.4) is 0 Å². The molecule has 0 atom stereocenters. The van der Waals surface area contributed by atoms with E-state index in [1.165, 1.54) is 20.3 Å². The van der Waals surface area contributed by atoms with E-state index in [0.29, 0.717) is 33.4 Å². The Labute approximate surface area is 147 Å². The number of imidazole rings is 1. The first kappa shape index (κ1) is 15.6. The zero-order chi connectivity index (χ0) is 17.6. The van der Waals surface area contributed by atoms with Crippen LogP contribution < -0.4 is 14.9 Å². The molecule has 6 nitrogen and oxygen atoms in total. The molecule has 2 aromatic heterocycles. The molecule has 0 aliphatic carbocycles. The number of aromatic nitrogens is 2. The van der Waals surface area contributed by atoms with Crippen molar-refractivity contribution < 1.29 is 13.9 Å². The number of nitrogens with zero attached hydrogens (tertiary/aromatic N) is 1. The molecule has 0 saturated carbocycles. The van der Waals surface area contributed by atoms with Crippen molar-refractivity contribution in [1.29, 1.82) is 0 Å². The van der Waals surface area contributed by atoms with Crippen LogP contribution >= 0.6 is 12.6 Å². The molecule has 0 aliphatic rings. The van der Waals surface area contributed by atoms with Crippen LogP contribution in [-0.4, -0.2) is 24.2 Å². The van der Waals surface area contributed by atoms with Gasteiger partial charge in [0.05, 0.1) is 30.6 Å². The van der Waals surface area contributed by atoms with Crippen LogP contribution in [-0.2, 0) is 0 Å². The highest BCUT2D eigenvalue weighted by atomic mass is 32.1. The maximum Gasteiger partial charge on any atom is 0.204 e. The summed E-state index contributed by atoms with van der Waals surface area (Å²) in [4.78, 5) is 19.8. The highest BCUT2D eigenvalue weighted by Gasteiger charge is 2.16. The number of aromatic amines is 1. The second kappa shape index (κ2) is 5.86. The first-order valence-electron chi connectivity index (χ1n) is 7.48. The lowest BCUT2D eigenvalue weighted by Crippen LogP contribution is -2.02. The van der Waals surface area contributed by atoms with Gasteiger partial charge in [-0.1, -0.05) is 0 Å². The van der Waals surface area contributed by atoms with Gasteiger partial charge in [0.1, 0.15) is 5.76 Å². The predicted octanol–water partition coefficient (Wildman–Crippen LogP) is 3.64. The second-order valence-corrected chi connectivity index (χ2v) is 5.87. The summed E-state index contributed by atoms with van der Waals surface area (Å²) in [5, 5.41) is 0.957. The average Bonchev–Trinajstić information content (AvgIpc) is 2.99. The summed E-state index contributed by atoms with van der Waals surface area (Å²) >= 11 is 4.21. The molecule has 0 fully saturated rings. The van der Waals surface area contributed by atoms with Crippen LogP contribution in [0, 0.1) is 0 Å². The predicted molar refractivity (Wildman–Crippen MR) is 97.9 cm³/mol. The summed E-state index contributed by atoms with van der Waals surface area (Å²) in [6.45, 7) is 0. The molecule has 0 radical (unpaired) electrons. The molecule has 0 unspecified atom stereocenters. The highest BCUT2D eigenvalue weighted by Crippen LogP contribution is 2.36. The number of hydrogen-bond donors (Lipinski definition) is 2. The van der Waals surface area contributed by atoms with Crippen LogP contribution in [0.4, 0.5) is 0 Å². The van der Waals surface area contributed by atoms with Gasteiger partial charge in [0.2, 0.25) is 5.75 Å². The van der Waals surface area contributed by atoms with E-state index in [-0.39, 0.29) is 5.43 Å². The van der Waals surface area contributed by atoms with Gasteiger partial charge in [-0.3, -0.25) is 4.79 Å². The van der Waals surface area contributed by atoms with Gasteiger partial charge >= 0.3 is 0 Å². The molecule has 25 heavy (non-hydrogen) atoms. The SMILES string of the molecule is COc1ccc2c(=O)cc(-c3ccc4[nH]c(S)nc4c3)oc2c1OC. The minimum absolute atomic E-state index is 0.158. The van der Waals surface area contributed by atoms with Crippen molar-refractivity contribution in [2.24, 2.45) is 0 Å². The largest absolute Gasteiger partial charge is 0.493 e. The summed E-state index contributed by atoms with van der Waals surface area (Å²) in [5.74, 6) is 1.31. The zero-order valence-corrected chi connectivity index (χ0v) is 14.4. The smallest absolute Gasteiger partial charge is 0.204 e. The van der Waals surface area contributed by atoms with Gasteiger partial charge in [-0.15, -0.1) is 12.6 Å². The fraction of sp³-hybridized carbons (Fsp3) is 0.111. The number of ether oxygens (including phenoxy) is 2. The summed E-state index contributed by atoms with van der Waals surface area (Å²) < 4.78 is 16.7. The molecule has 126 valence electrons. The Morgan fingerprint density at radius 3 is 2.72 bits per heavy atom. The molecule has 0 saturated heterocycles. The van der Waals surface area contributed by atoms with Crippen molar-refractivity contribution in [2.45, 2.75) is 5.16 Å². The average molecular weight is 354 g/mol. The van der Waals surface area contributed by atoms with Crippen LogP contribution in [0.1, 0.15) is 0 Å². The van der Waals surface area contributed by atoms with E-state index >= 15 is 0 Å². The van der Waals surface area contributed by atoms with Gasteiger partial charge < -0.3 is 18.9 Å². The van der Waals surface area contributed by atoms with Crippen molar-refractivity contribution in [2.75, 3.05) is 14.2 Å². The third-order valence-electron chi connectivity index (χ3n) is 3.99. The maximum absolute atomic E-state index is 12.5. The lowest BCUT2D eigenvalue weighted by atomic mass is 10.1. The van der Waals surface area contributed by atoms with Crippen molar-refractivity contribution in [1.82, 2.24) is 9.97 Å². The lowest BCUT2D eigenvalue weighted by Gasteiger charge is -2.10. The van der Waals surface area contributed by atoms with E-state index < -0.39 is 0 Å². The maximum atomic E-state index is 12.5. The first-order valence-corrected chi connectivity index (χ1v) is 7.93. The van der Waals surface area contributed by atoms with Crippen LogP contribution in [0.15, 0.2) is 50.8 Å². The molecule has 0 aliphatic heterocycles. The molecule has 7 heteroatoms. The molecule has 1 N–H and O–H groups in total. The highest BCUT2D eigenvalue weighted by molar-refractivity contribution is 7.80. The third kappa shape index (κ3) is 2.53. The number of rotatable bonds is 3. The molecule has 4 aromatic rings. The Morgan fingerprint density at radius 2 is 1.96 bits per heavy atom. The van der Waals surface area contributed by atoms with Gasteiger partial charge in [-0.25, -0.2) is 4.98 Å². The van der Waals surface area contributed by atoms with Crippen LogP contribution in [0.25, 0.3) is 33.3 Å². The molecule has 2 heterocycles. The standard InChI is InChI=1S/C18H14N2O4S/c1-22-14-6-4-10-13(21)8-15(24-16(10)17(14)23-2)9-3-5-11-12(7-9)20-18(25)19-11/h3-8H,1-2H3,(H2,19,20,25). The van der Waals surface area contributed by atoms with E-state index in [4.69, 9.17) is 13.9 Å². The van der Waals surface area contributed by atoms with Crippen molar-refractivity contribution in [3.05, 3.63) is 46.6 Å². The first-order chi connectivity index (χ1) is 12.1. The fourth-order valence-electron chi connectivity index (χ4n) is 2.82. The molecule has 2 aromatic carbocycles. The third-order valence-corrected chi connectivity index (χ3v) is 4.21. The van der Waals surface area contributed by atoms with E-state index in [2.05, 4.69) is 22.6 Å². The van der Waals surface area contributed by atoms with Gasteiger partial charge in [-0.2, -0.15) is 0 Å². The molecule has 0 bridgehead atoms. The zero-order valence-electron chi connectivity index (χ0n) is 13.5. The summed E-state index contributed by atoms with van der Waals surface area (Å²) in [5.41, 5.74) is 2.52. The van der Waals surface area contributed by atoms with E-state index in [1.807, 2.05) is 18.2 Å². The number of H-pyrrole nitrogens is 1. The quantitative estimate of drug-likeness (QED) is 0.549. The van der Waals surface area contributed by atoms with Gasteiger partial charge in [-0.05, 0) is 30.3 Å². The van der Waals surface area contributed by atoms with E-state index in [9.17, 15) is 4.79 Å². The number of benzene rings is 2. The lowest BCUT2D eigenvalue weighted by molar-refractivity contribution is 0.353. The topological polar surface area (TPSA) is 77.4 Å². The number of hydrogen-bond acceptors (Lipinski definition) is 6. The summed E-state index contributed by atoms with van der Waals surface area (Å²) in [6, 6.07) is 10.4. The molecule has 4 rings (SSSR count). The number of fused-ring (bicyclic) bond motifs is 2. The summed E-state index contributed by atoms with van der Waals surface area (Å²) in [7, 11) is 3.04. The minimum atomic E-state index is -0.158. The number of methoxy groups -OCH3 is 2. The molecular weight excluding hydrogens is 340 g/mol. The Morgan fingerprint density at radius 1 is 1.12 bits per heavy atom.